The zero-order valence-electron chi connectivity index (χ0n) is 19.1. The van der Waals surface area contributed by atoms with Gasteiger partial charge in [0.1, 0.15) is 0 Å². The Hall–Kier alpha value is -4.26. The molecule has 6 heteroatoms. The molecular weight excluding hydrogens is 456 g/mol. The van der Waals surface area contributed by atoms with Crippen LogP contribution in [0.2, 0.25) is 0 Å². The van der Waals surface area contributed by atoms with Gasteiger partial charge in [0.05, 0.1) is 0 Å². The van der Waals surface area contributed by atoms with E-state index >= 15 is 0 Å². The molecule has 6 rings (SSSR count). The average molecular weight is 479 g/mol. The fourth-order valence-electron chi connectivity index (χ4n) is 5.10. The summed E-state index contributed by atoms with van der Waals surface area (Å²) in [6, 6.07) is 30.1. The van der Waals surface area contributed by atoms with Gasteiger partial charge in [0.2, 0.25) is 0 Å². The Morgan fingerprint density at radius 1 is 0.500 bits per heavy atom. The van der Waals surface area contributed by atoms with E-state index in [0.717, 1.165) is 44.5 Å². The minimum Gasteiger partial charge on any atom is -0.451 e. The number of carbonyl (C=O) groups excluding carboxylic acids is 2. The molecule has 0 saturated heterocycles. The van der Waals surface area contributed by atoms with Crippen molar-refractivity contribution in [1.82, 2.24) is 0 Å². The van der Waals surface area contributed by atoms with Crippen LogP contribution >= 0.6 is 0 Å². The summed E-state index contributed by atoms with van der Waals surface area (Å²) >= 11 is 0. The number of ether oxygens (including phenoxy) is 2. The Morgan fingerprint density at radius 2 is 0.750 bits per heavy atom. The first kappa shape index (κ1) is 22.2. The highest BCUT2D eigenvalue weighted by molar-refractivity contribution is 5.87. The molecule has 2 aliphatic carbocycles. The van der Waals surface area contributed by atoms with Crippen LogP contribution in [0.1, 0.15) is 34.5 Å². The quantitative estimate of drug-likeness (QED) is 0.415. The minimum absolute atomic E-state index is 0.753. The molecule has 0 bridgehead atoms. The molecule has 0 saturated carbocycles. The average Bonchev–Trinajstić information content (AvgIpc) is 3.41. The molecule has 0 amide bonds. The summed E-state index contributed by atoms with van der Waals surface area (Å²) in [6.07, 6.45) is -5.72. The van der Waals surface area contributed by atoms with E-state index < -0.39 is 36.4 Å². The van der Waals surface area contributed by atoms with Gasteiger partial charge in [-0.25, -0.2) is 9.59 Å². The largest absolute Gasteiger partial charge is 0.451 e. The van der Waals surface area contributed by atoms with Gasteiger partial charge >= 0.3 is 11.9 Å². The molecule has 4 aromatic rings. The summed E-state index contributed by atoms with van der Waals surface area (Å²) in [4.78, 5) is 25.7. The standard InChI is InChI=1S/C30H22O6/c31-25(29(33)35-27-21-13-5-1-9-17(21)18-10-2-6-14-22(18)27)26(32)30(34)36-28-23-15-7-3-11-19(23)20-12-4-8-16-24(20)28/h1-16,25-28,31-32H/t25-,26-/m1/s1. The lowest BCUT2D eigenvalue weighted by Crippen LogP contribution is -2.42. The van der Waals surface area contributed by atoms with Crippen LogP contribution in [0.25, 0.3) is 22.3 Å². The van der Waals surface area contributed by atoms with Gasteiger partial charge in [0.25, 0.3) is 0 Å². The molecule has 4 aromatic carbocycles. The van der Waals surface area contributed by atoms with Gasteiger partial charge in [0.15, 0.2) is 24.4 Å². The topological polar surface area (TPSA) is 93.1 Å². The van der Waals surface area contributed by atoms with Gasteiger partial charge in [-0.05, 0) is 22.3 Å². The molecule has 2 N–H and O–H groups in total. The maximum absolute atomic E-state index is 12.9. The molecule has 2 atom stereocenters. The number of rotatable bonds is 5. The smallest absolute Gasteiger partial charge is 0.339 e. The number of aliphatic hydroxyl groups is 2. The number of fused-ring (bicyclic) bond motifs is 6. The maximum atomic E-state index is 12.9. The van der Waals surface area contributed by atoms with Crippen molar-refractivity contribution in [2.75, 3.05) is 0 Å². The Balaban J connectivity index is 1.20. The third-order valence-electron chi connectivity index (χ3n) is 6.80. The SMILES string of the molecule is O=C(OC1c2ccccc2-c2ccccc21)[C@H](O)[C@@H](O)C(=O)OC1c2ccccc2-c2ccccc21. The lowest BCUT2D eigenvalue weighted by atomic mass is 10.1. The number of aliphatic hydroxyl groups excluding tert-OH is 2. The summed E-state index contributed by atoms with van der Waals surface area (Å²) in [5.74, 6) is -2.22. The van der Waals surface area contributed by atoms with Gasteiger partial charge < -0.3 is 19.7 Å². The minimum atomic E-state index is -2.11. The first-order valence-electron chi connectivity index (χ1n) is 11.7. The Labute approximate surface area is 207 Å². The van der Waals surface area contributed by atoms with Crippen LogP contribution in [0.3, 0.4) is 0 Å². The van der Waals surface area contributed by atoms with Crippen LogP contribution in [0, 0.1) is 0 Å². The first-order chi connectivity index (χ1) is 17.5. The van der Waals surface area contributed by atoms with Crippen LogP contribution in [0.15, 0.2) is 97.1 Å². The fraction of sp³-hybridized carbons (Fsp3) is 0.133. The van der Waals surface area contributed by atoms with E-state index in [2.05, 4.69) is 0 Å². The van der Waals surface area contributed by atoms with Crippen molar-refractivity contribution in [3.05, 3.63) is 119 Å². The Morgan fingerprint density at radius 3 is 1.03 bits per heavy atom. The third kappa shape index (κ3) is 3.50. The Kier molecular flexibility index (Phi) is 5.40. The lowest BCUT2D eigenvalue weighted by molar-refractivity contribution is -0.177. The van der Waals surface area contributed by atoms with Crippen molar-refractivity contribution in [2.45, 2.75) is 24.4 Å². The lowest BCUT2D eigenvalue weighted by Gasteiger charge is -2.22. The second-order valence-electron chi connectivity index (χ2n) is 8.87. The molecule has 0 heterocycles. The van der Waals surface area contributed by atoms with E-state index in [1.807, 2.05) is 97.1 Å². The highest BCUT2D eigenvalue weighted by atomic mass is 16.6. The highest BCUT2D eigenvalue weighted by Crippen LogP contribution is 2.46. The second kappa shape index (κ2) is 8.75. The maximum Gasteiger partial charge on any atom is 0.339 e. The number of hydrogen-bond donors (Lipinski definition) is 2. The number of hydrogen-bond acceptors (Lipinski definition) is 6. The second-order valence-corrected chi connectivity index (χ2v) is 8.87. The molecule has 6 nitrogen and oxygen atoms in total. The van der Waals surface area contributed by atoms with Crippen molar-refractivity contribution in [1.29, 1.82) is 0 Å². The van der Waals surface area contributed by atoms with E-state index in [9.17, 15) is 19.8 Å². The van der Waals surface area contributed by atoms with Crippen LogP contribution < -0.4 is 0 Å². The van der Waals surface area contributed by atoms with E-state index in [4.69, 9.17) is 9.47 Å². The van der Waals surface area contributed by atoms with E-state index in [0.29, 0.717) is 0 Å². The van der Waals surface area contributed by atoms with Gasteiger partial charge in [-0.2, -0.15) is 0 Å². The summed E-state index contributed by atoms with van der Waals surface area (Å²) in [7, 11) is 0. The predicted molar refractivity (Wildman–Crippen MR) is 132 cm³/mol. The molecule has 36 heavy (non-hydrogen) atoms. The van der Waals surface area contributed by atoms with Gasteiger partial charge in [-0.15, -0.1) is 0 Å². The van der Waals surface area contributed by atoms with Crippen molar-refractivity contribution >= 4 is 11.9 Å². The molecule has 0 aliphatic heterocycles. The molecule has 178 valence electrons. The Bertz CT molecular complexity index is 1290. The van der Waals surface area contributed by atoms with Crippen LogP contribution in [-0.4, -0.2) is 34.4 Å². The summed E-state index contributed by atoms with van der Waals surface area (Å²) in [5.41, 5.74) is 6.81. The van der Waals surface area contributed by atoms with Crippen LogP contribution in [0.4, 0.5) is 0 Å². The number of carbonyl (C=O) groups is 2. The monoisotopic (exact) mass is 478 g/mol. The van der Waals surface area contributed by atoms with Crippen LogP contribution in [-0.2, 0) is 19.1 Å². The van der Waals surface area contributed by atoms with Crippen molar-refractivity contribution in [3.63, 3.8) is 0 Å². The van der Waals surface area contributed by atoms with Gasteiger partial charge in [-0.3, -0.25) is 0 Å². The molecule has 0 unspecified atom stereocenters. The zero-order chi connectivity index (χ0) is 24.8. The van der Waals surface area contributed by atoms with Crippen molar-refractivity contribution < 1.29 is 29.3 Å². The molecule has 0 spiro atoms. The van der Waals surface area contributed by atoms with Gasteiger partial charge in [0, 0.05) is 22.3 Å². The van der Waals surface area contributed by atoms with E-state index in [-0.39, 0.29) is 0 Å². The van der Waals surface area contributed by atoms with Crippen molar-refractivity contribution in [2.24, 2.45) is 0 Å². The summed E-state index contributed by atoms with van der Waals surface area (Å²) in [5, 5.41) is 21.1. The first-order valence-corrected chi connectivity index (χ1v) is 11.7. The number of benzene rings is 4. The molecule has 2 aliphatic rings. The fourth-order valence-corrected chi connectivity index (χ4v) is 5.10. The zero-order valence-corrected chi connectivity index (χ0v) is 19.1. The summed E-state index contributed by atoms with van der Waals surface area (Å²) in [6.45, 7) is 0. The third-order valence-corrected chi connectivity index (χ3v) is 6.80. The predicted octanol–water partition coefficient (Wildman–Crippen LogP) is 4.33. The van der Waals surface area contributed by atoms with E-state index in [1.165, 1.54) is 0 Å². The molecular formula is C30H22O6. The number of esters is 2. The summed E-state index contributed by atoms with van der Waals surface area (Å²) < 4.78 is 11.2. The normalized spacial score (nSPS) is 15.3. The molecule has 0 fully saturated rings. The van der Waals surface area contributed by atoms with E-state index in [1.54, 1.807) is 0 Å². The van der Waals surface area contributed by atoms with Crippen LogP contribution in [0.5, 0.6) is 0 Å². The van der Waals surface area contributed by atoms with Crippen molar-refractivity contribution in [3.8, 4) is 22.3 Å². The highest BCUT2D eigenvalue weighted by Gasteiger charge is 2.40. The molecule has 0 radical (unpaired) electrons. The molecule has 0 aromatic heterocycles. The van der Waals surface area contributed by atoms with Gasteiger partial charge in [-0.1, -0.05) is 97.1 Å².